The molecule has 2 aromatic rings. The first-order valence-electron chi connectivity index (χ1n) is 7.75. The minimum Gasteiger partial charge on any atom is -0.0622 e. The Hall–Kier alpha value is -1.56. The van der Waals surface area contributed by atoms with Crippen LogP contribution >= 0.6 is 0 Å². The second kappa shape index (κ2) is 6.74. The van der Waals surface area contributed by atoms with Gasteiger partial charge in [-0.05, 0) is 46.9 Å². The standard InChI is InChI=1S/C20H26/c1-15(2)18-11-8-12-19(16(3)4)20(18)14-13-17-9-6-5-7-10-17/h5-12,15-16H,13-14H2,1-4H3. The van der Waals surface area contributed by atoms with Crippen molar-refractivity contribution in [1.29, 1.82) is 0 Å². The number of hydrogen-bond acceptors (Lipinski definition) is 0. The number of hydrogen-bond donors (Lipinski definition) is 0. The summed E-state index contributed by atoms with van der Waals surface area (Å²) in [4.78, 5) is 0. The fourth-order valence-electron chi connectivity index (χ4n) is 2.91. The average Bonchev–Trinajstić information content (AvgIpc) is 2.45. The largest absolute Gasteiger partial charge is 0.0622 e. The lowest BCUT2D eigenvalue weighted by Crippen LogP contribution is -2.05. The van der Waals surface area contributed by atoms with Gasteiger partial charge in [-0.15, -0.1) is 0 Å². The maximum Gasteiger partial charge on any atom is -0.0216 e. The van der Waals surface area contributed by atoms with Crippen LogP contribution in [0.3, 0.4) is 0 Å². The summed E-state index contributed by atoms with van der Waals surface area (Å²) < 4.78 is 0. The van der Waals surface area contributed by atoms with Gasteiger partial charge in [0.1, 0.15) is 0 Å². The highest BCUT2D eigenvalue weighted by atomic mass is 14.2. The molecule has 0 amide bonds. The first-order chi connectivity index (χ1) is 9.59. The number of benzene rings is 2. The molecule has 0 saturated carbocycles. The van der Waals surface area contributed by atoms with Crippen molar-refractivity contribution < 1.29 is 0 Å². The van der Waals surface area contributed by atoms with Gasteiger partial charge in [0.15, 0.2) is 0 Å². The minimum atomic E-state index is 0.597. The lowest BCUT2D eigenvalue weighted by molar-refractivity contribution is 0.784. The van der Waals surface area contributed by atoms with Crippen LogP contribution in [0.2, 0.25) is 0 Å². The maximum absolute atomic E-state index is 2.30. The Labute approximate surface area is 123 Å². The minimum absolute atomic E-state index is 0.597. The third kappa shape index (κ3) is 3.50. The number of aryl methyl sites for hydroxylation is 1. The lowest BCUT2D eigenvalue weighted by atomic mass is 9.86. The van der Waals surface area contributed by atoms with Crippen LogP contribution in [0.25, 0.3) is 0 Å². The predicted octanol–water partition coefficient (Wildman–Crippen LogP) is 5.72. The molecule has 0 saturated heterocycles. The normalized spacial score (nSPS) is 11.3. The first kappa shape index (κ1) is 14.8. The van der Waals surface area contributed by atoms with E-state index in [0.29, 0.717) is 11.8 Å². The van der Waals surface area contributed by atoms with Gasteiger partial charge in [-0.25, -0.2) is 0 Å². The Balaban J connectivity index is 2.28. The summed E-state index contributed by atoms with van der Waals surface area (Å²) in [7, 11) is 0. The Morgan fingerprint density at radius 3 is 1.70 bits per heavy atom. The topological polar surface area (TPSA) is 0 Å². The van der Waals surface area contributed by atoms with E-state index in [0.717, 1.165) is 12.8 Å². The van der Waals surface area contributed by atoms with E-state index in [1.165, 1.54) is 16.7 Å². The molecule has 0 spiro atoms. The molecule has 0 N–H and O–H groups in total. The van der Waals surface area contributed by atoms with Crippen LogP contribution in [0.1, 0.15) is 61.8 Å². The van der Waals surface area contributed by atoms with Gasteiger partial charge in [-0.3, -0.25) is 0 Å². The van der Waals surface area contributed by atoms with Crippen molar-refractivity contribution in [1.82, 2.24) is 0 Å². The van der Waals surface area contributed by atoms with Crippen LogP contribution in [-0.2, 0) is 12.8 Å². The van der Waals surface area contributed by atoms with Crippen molar-refractivity contribution in [3.8, 4) is 0 Å². The summed E-state index contributed by atoms with van der Waals surface area (Å²) in [5.41, 5.74) is 6.04. The summed E-state index contributed by atoms with van der Waals surface area (Å²) in [5, 5.41) is 0. The van der Waals surface area contributed by atoms with Crippen LogP contribution in [0, 0.1) is 0 Å². The summed E-state index contributed by atoms with van der Waals surface area (Å²) in [6.45, 7) is 9.19. The van der Waals surface area contributed by atoms with Crippen molar-refractivity contribution in [2.24, 2.45) is 0 Å². The lowest BCUT2D eigenvalue weighted by Gasteiger charge is -2.19. The second-order valence-corrected chi connectivity index (χ2v) is 6.21. The van der Waals surface area contributed by atoms with Gasteiger partial charge < -0.3 is 0 Å². The third-order valence-corrected chi connectivity index (χ3v) is 4.00. The van der Waals surface area contributed by atoms with E-state index < -0.39 is 0 Å². The van der Waals surface area contributed by atoms with E-state index in [9.17, 15) is 0 Å². The van der Waals surface area contributed by atoms with Gasteiger partial charge in [0.25, 0.3) is 0 Å². The summed E-state index contributed by atoms with van der Waals surface area (Å²) in [6, 6.07) is 17.6. The molecule has 20 heavy (non-hydrogen) atoms. The third-order valence-electron chi connectivity index (χ3n) is 4.00. The molecule has 0 aromatic heterocycles. The van der Waals surface area contributed by atoms with Gasteiger partial charge in [0.2, 0.25) is 0 Å². The van der Waals surface area contributed by atoms with E-state index in [1.807, 2.05) is 0 Å². The first-order valence-corrected chi connectivity index (χ1v) is 7.75. The van der Waals surface area contributed by atoms with Crippen LogP contribution in [0.5, 0.6) is 0 Å². The molecule has 0 aliphatic carbocycles. The highest BCUT2D eigenvalue weighted by molar-refractivity contribution is 5.39. The molecule has 106 valence electrons. The van der Waals surface area contributed by atoms with E-state index in [4.69, 9.17) is 0 Å². The molecule has 2 rings (SSSR count). The molecule has 2 aromatic carbocycles. The van der Waals surface area contributed by atoms with E-state index >= 15 is 0 Å². The maximum atomic E-state index is 2.30. The average molecular weight is 266 g/mol. The molecule has 0 bridgehead atoms. The van der Waals surface area contributed by atoms with Crippen molar-refractivity contribution in [3.63, 3.8) is 0 Å². The molecule has 0 aliphatic heterocycles. The molecule has 0 nitrogen and oxygen atoms in total. The summed E-state index contributed by atoms with van der Waals surface area (Å²) >= 11 is 0. The Morgan fingerprint density at radius 2 is 1.20 bits per heavy atom. The molecule has 0 heteroatoms. The van der Waals surface area contributed by atoms with E-state index in [-0.39, 0.29) is 0 Å². The zero-order chi connectivity index (χ0) is 14.5. The monoisotopic (exact) mass is 266 g/mol. The Bertz CT molecular complexity index is 509. The molecular formula is C20H26. The highest BCUT2D eigenvalue weighted by Gasteiger charge is 2.13. The van der Waals surface area contributed by atoms with E-state index in [2.05, 4.69) is 76.2 Å². The fraction of sp³-hybridized carbons (Fsp3) is 0.400. The zero-order valence-corrected chi connectivity index (χ0v) is 13.2. The molecule has 0 fully saturated rings. The molecule has 0 heterocycles. The van der Waals surface area contributed by atoms with Crippen LogP contribution in [0.4, 0.5) is 0 Å². The summed E-state index contributed by atoms with van der Waals surface area (Å²) in [6.07, 6.45) is 2.27. The Morgan fingerprint density at radius 1 is 0.650 bits per heavy atom. The quantitative estimate of drug-likeness (QED) is 0.649. The van der Waals surface area contributed by atoms with Crippen molar-refractivity contribution >= 4 is 0 Å². The van der Waals surface area contributed by atoms with Gasteiger partial charge in [0, 0.05) is 0 Å². The SMILES string of the molecule is CC(C)c1cccc(C(C)C)c1CCc1ccccc1. The fourth-order valence-corrected chi connectivity index (χ4v) is 2.91. The zero-order valence-electron chi connectivity index (χ0n) is 13.2. The van der Waals surface area contributed by atoms with Gasteiger partial charge in [0.05, 0.1) is 0 Å². The van der Waals surface area contributed by atoms with Crippen LogP contribution in [-0.4, -0.2) is 0 Å². The van der Waals surface area contributed by atoms with E-state index in [1.54, 1.807) is 5.56 Å². The molecule has 0 unspecified atom stereocenters. The van der Waals surface area contributed by atoms with Crippen molar-refractivity contribution in [2.75, 3.05) is 0 Å². The highest BCUT2D eigenvalue weighted by Crippen LogP contribution is 2.28. The Kier molecular flexibility index (Phi) is 5.00. The van der Waals surface area contributed by atoms with Crippen LogP contribution in [0.15, 0.2) is 48.5 Å². The van der Waals surface area contributed by atoms with Crippen molar-refractivity contribution in [2.45, 2.75) is 52.4 Å². The second-order valence-electron chi connectivity index (χ2n) is 6.21. The van der Waals surface area contributed by atoms with Gasteiger partial charge >= 0.3 is 0 Å². The number of rotatable bonds is 5. The van der Waals surface area contributed by atoms with Crippen LogP contribution < -0.4 is 0 Å². The summed E-state index contributed by atoms with van der Waals surface area (Å²) in [5.74, 6) is 1.19. The van der Waals surface area contributed by atoms with Gasteiger partial charge in [-0.1, -0.05) is 76.2 Å². The smallest absolute Gasteiger partial charge is 0.0216 e. The predicted molar refractivity (Wildman–Crippen MR) is 88.5 cm³/mol. The van der Waals surface area contributed by atoms with Crippen molar-refractivity contribution in [3.05, 3.63) is 70.8 Å². The molecule has 0 radical (unpaired) electrons. The molecular weight excluding hydrogens is 240 g/mol. The molecule has 0 aliphatic rings. The van der Waals surface area contributed by atoms with Gasteiger partial charge in [-0.2, -0.15) is 0 Å². The molecule has 0 atom stereocenters.